The van der Waals surface area contributed by atoms with E-state index in [1.165, 1.54) is 49.7 Å². The van der Waals surface area contributed by atoms with E-state index in [9.17, 15) is 0 Å². The van der Waals surface area contributed by atoms with Crippen LogP contribution in [-0.2, 0) is 5.41 Å². The summed E-state index contributed by atoms with van der Waals surface area (Å²) < 4.78 is 6.96. The SMILES string of the molecule is Cc1cccc(C)c1-c1ccnc(-n2c3ccccc3c3ccc(C(c4ccccc4)(c4ccccc4)c4cccc(-n5c[n+](-c6ccccc6)c6ccccc65)c4)cc32)c1. The fourth-order valence-corrected chi connectivity index (χ4v) is 9.79. The van der Waals surface area contributed by atoms with Crippen LogP contribution in [0.25, 0.3) is 61.2 Å². The van der Waals surface area contributed by atoms with Crippen LogP contribution >= 0.6 is 0 Å². The number of aryl methyl sites for hydroxylation is 2. The molecule has 8 aromatic carbocycles. The fourth-order valence-electron chi connectivity index (χ4n) is 9.79. The van der Waals surface area contributed by atoms with Crippen LogP contribution in [0.4, 0.5) is 0 Å². The fraction of sp³-hybridized carbons (Fsp3) is 0.0526. The van der Waals surface area contributed by atoms with E-state index in [-0.39, 0.29) is 0 Å². The van der Waals surface area contributed by atoms with Crippen LogP contribution in [-0.4, -0.2) is 14.1 Å². The first kappa shape index (κ1) is 36.3. The Balaban J connectivity index is 1.19. The molecule has 290 valence electrons. The van der Waals surface area contributed by atoms with Crippen molar-refractivity contribution in [3.8, 4) is 28.3 Å². The first-order valence-corrected chi connectivity index (χ1v) is 21.0. The van der Waals surface area contributed by atoms with Gasteiger partial charge in [0.2, 0.25) is 0 Å². The molecule has 4 nitrogen and oxygen atoms in total. The number of pyridine rings is 1. The molecule has 0 aliphatic heterocycles. The van der Waals surface area contributed by atoms with Crippen LogP contribution in [0.1, 0.15) is 33.4 Å². The quantitative estimate of drug-likeness (QED) is 0.111. The van der Waals surface area contributed by atoms with Crippen LogP contribution in [0.3, 0.4) is 0 Å². The highest BCUT2D eigenvalue weighted by atomic mass is 15.1. The van der Waals surface area contributed by atoms with Crippen molar-refractivity contribution < 1.29 is 4.57 Å². The minimum Gasteiger partial charge on any atom is -0.294 e. The van der Waals surface area contributed by atoms with Gasteiger partial charge in [-0.15, -0.1) is 0 Å². The number of hydrogen-bond acceptors (Lipinski definition) is 1. The molecule has 0 atom stereocenters. The topological polar surface area (TPSA) is 26.6 Å². The third kappa shape index (κ3) is 5.90. The van der Waals surface area contributed by atoms with Crippen molar-refractivity contribution in [2.45, 2.75) is 19.3 Å². The molecule has 0 spiro atoms. The summed E-state index contributed by atoms with van der Waals surface area (Å²) in [5.74, 6) is 0.890. The smallest absolute Gasteiger partial charge is 0.255 e. The Morgan fingerprint density at radius 2 is 1.05 bits per heavy atom. The molecule has 0 saturated carbocycles. The summed E-state index contributed by atoms with van der Waals surface area (Å²) in [6, 6.07) is 77.1. The van der Waals surface area contributed by atoms with Gasteiger partial charge in [-0.2, -0.15) is 9.13 Å². The lowest BCUT2D eigenvalue weighted by Crippen LogP contribution is -2.31. The molecule has 3 aromatic heterocycles. The van der Waals surface area contributed by atoms with Crippen molar-refractivity contribution in [1.82, 2.24) is 14.1 Å². The van der Waals surface area contributed by atoms with E-state index < -0.39 is 5.41 Å². The second kappa shape index (κ2) is 14.8. The van der Waals surface area contributed by atoms with Crippen LogP contribution in [0.2, 0.25) is 0 Å². The molecule has 11 rings (SSSR count). The largest absolute Gasteiger partial charge is 0.294 e. The number of nitrogens with zero attached hydrogens (tertiary/aromatic N) is 4. The van der Waals surface area contributed by atoms with Gasteiger partial charge in [-0.1, -0.05) is 152 Å². The Labute approximate surface area is 355 Å². The predicted octanol–water partition coefficient (Wildman–Crippen LogP) is 13.1. The lowest BCUT2D eigenvalue weighted by atomic mass is 9.65. The van der Waals surface area contributed by atoms with Crippen molar-refractivity contribution in [3.63, 3.8) is 0 Å². The van der Waals surface area contributed by atoms with E-state index in [1.54, 1.807) is 0 Å². The highest BCUT2D eigenvalue weighted by Gasteiger charge is 2.39. The van der Waals surface area contributed by atoms with E-state index in [0.717, 1.165) is 44.8 Å². The van der Waals surface area contributed by atoms with Crippen LogP contribution < -0.4 is 4.57 Å². The summed E-state index contributed by atoms with van der Waals surface area (Å²) in [6.07, 6.45) is 4.17. The molecule has 0 unspecified atom stereocenters. The number of para-hydroxylation sites is 4. The van der Waals surface area contributed by atoms with Gasteiger partial charge in [-0.05, 0) is 119 Å². The van der Waals surface area contributed by atoms with E-state index >= 15 is 0 Å². The number of hydrogen-bond donors (Lipinski definition) is 0. The molecule has 0 aliphatic carbocycles. The van der Waals surface area contributed by atoms with Gasteiger partial charge in [-0.25, -0.2) is 4.98 Å². The first-order chi connectivity index (χ1) is 30.1. The van der Waals surface area contributed by atoms with Crippen molar-refractivity contribution in [2.24, 2.45) is 0 Å². The summed E-state index contributed by atoms with van der Waals surface area (Å²) in [6.45, 7) is 4.38. The minimum absolute atomic E-state index is 0.695. The summed E-state index contributed by atoms with van der Waals surface area (Å²) in [4.78, 5) is 5.09. The normalized spacial score (nSPS) is 11.8. The second-order valence-corrected chi connectivity index (χ2v) is 16.0. The summed E-state index contributed by atoms with van der Waals surface area (Å²) in [5, 5.41) is 2.38. The second-order valence-electron chi connectivity index (χ2n) is 16.0. The van der Waals surface area contributed by atoms with Crippen LogP contribution in [0.15, 0.2) is 225 Å². The lowest BCUT2D eigenvalue weighted by molar-refractivity contribution is -0.567. The van der Waals surface area contributed by atoms with Gasteiger partial charge < -0.3 is 0 Å². The monoisotopic (exact) mass is 783 g/mol. The Bertz CT molecular complexity index is 3320. The molecule has 0 aliphatic rings. The summed E-state index contributed by atoms with van der Waals surface area (Å²) in [7, 11) is 0. The molecule has 4 heteroatoms. The van der Waals surface area contributed by atoms with Crippen molar-refractivity contribution in [1.29, 1.82) is 0 Å². The Morgan fingerprint density at radius 1 is 0.459 bits per heavy atom. The van der Waals surface area contributed by atoms with Crippen molar-refractivity contribution >= 4 is 32.8 Å². The van der Waals surface area contributed by atoms with Crippen LogP contribution in [0.5, 0.6) is 0 Å². The zero-order valence-electron chi connectivity index (χ0n) is 34.2. The highest BCUT2D eigenvalue weighted by molar-refractivity contribution is 6.09. The molecule has 11 aromatic rings. The van der Waals surface area contributed by atoms with Crippen molar-refractivity contribution in [2.75, 3.05) is 0 Å². The van der Waals surface area contributed by atoms with E-state index in [2.05, 4.69) is 246 Å². The Morgan fingerprint density at radius 3 is 1.79 bits per heavy atom. The van der Waals surface area contributed by atoms with Gasteiger partial charge in [0, 0.05) is 17.0 Å². The molecule has 0 N–H and O–H groups in total. The number of fused-ring (bicyclic) bond motifs is 4. The average molecular weight is 784 g/mol. The first-order valence-electron chi connectivity index (χ1n) is 21.0. The summed E-state index contributed by atoms with van der Waals surface area (Å²) in [5.41, 5.74) is 15.7. The zero-order chi connectivity index (χ0) is 40.9. The maximum absolute atomic E-state index is 5.09. The predicted molar refractivity (Wildman–Crippen MR) is 250 cm³/mol. The lowest BCUT2D eigenvalue weighted by Gasteiger charge is -2.37. The van der Waals surface area contributed by atoms with E-state index in [4.69, 9.17) is 4.98 Å². The number of imidazole rings is 1. The third-order valence-electron chi connectivity index (χ3n) is 12.5. The Hall–Kier alpha value is -7.82. The standard InChI is InChI=1S/C57H43N4/c1-40-18-16-19-41(2)56(40)42-34-35-58-55(36-42)61-51-29-13-12-28-49(51)50-33-32-46(38-54(50)61)57(43-20-6-3-7-21-43,44-22-8-4-9-23-44)45-24-17-27-48(37-45)60-39-59(47-25-10-5-11-26-47)52-30-14-15-31-53(52)60/h3-39H,1-2H3/q+1. The molecular formula is C57H43N4+. The van der Waals surface area contributed by atoms with E-state index in [0.29, 0.717) is 0 Å². The van der Waals surface area contributed by atoms with Gasteiger partial charge >= 0.3 is 0 Å². The molecular weight excluding hydrogens is 741 g/mol. The number of benzene rings is 8. The third-order valence-corrected chi connectivity index (χ3v) is 12.5. The molecule has 0 radical (unpaired) electrons. The maximum atomic E-state index is 5.09. The molecule has 0 fully saturated rings. The molecule has 3 heterocycles. The Kier molecular flexibility index (Phi) is 8.79. The van der Waals surface area contributed by atoms with Gasteiger partial charge in [0.25, 0.3) is 6.33 Å². The zero-order valence-corrected chi connectivity index (χ0v) is 34.2. The highest BCUT2D eigenvalue weighted by Crippen LogP contribution is 2.47. The van der Waals surface area contributed by atoms with Gasteiger partial charge in [0.05, 0.1) is 16.4 Å². The number of rotatable bonds is 8. The molecule has 0 amide bonds. The minimum atomic E-state index is -0.695. The average Bonchev–Trinajstić information content (AvgIpc) is 3.87. The van der Waals surface area contributed by atoms with Gasteiger partial charge in [0.1, 0.15) is 17.2 Å². The van der Waals surface area contributed by atoms with Gasteiger partial charge in [0.15, 0.2) is 11.0 Å². The molecule has 61 heavy (non-hydrogen) atoms. The molecule has 0 saturated heterocycles. The maximum Gasteiger partial charge on any atom is 0.255 e. The van der Waals surface area contributed by atoms with Crippen LogP contribution in [0, 0.1) is 13.8 Å². The number of aromatic nitrogens is 4. The molecule has 0 bridgehead atoms. The van der Waals surface area contributed by atoms with E-state index in [1.807, 2.05) is 6.20 Å². The van der Waals surface area contributed by atoms with Gasteiger partial charge in [-0.3, -0.25) is 4.57 Å². The summed E-state index contributed by atoms with van der Waals surface area (Å²) >= 11 is 0. The van der Waals surface area contributed by atoms with Crippen molar-refractivity contribution in [3.05, 3.63) is 258 Å².